The summed E-state index contributed by atoms with van der Waals surface area (Å²) in [7, 11) is -2.14. The van der Waals surface area contributed by atoms with Gasteiger partial charge in [-0.2, -0.15) is 18.1 Å². The molecule has 4 aromatic rings. The summed E-state index contributed by atoms with van der Waals surface area (Å²) in [6.07, 6.45) is 0. The van der Waals surface area contributed by atoms with Crippen molar-refractivity contribution >= 4 is 38.1 Å². The van der Waals surface area contributed by atoms with E-state index in [4.69, 9.17) is 0 Å². The van der Waals surface area contributed by atoms with Crippen molar-refractivity contribution in [1.82, 2.24) is 9.55 Å². The van der Waals surface area contributed by atoms with Crippen molar-refractivity contribution in [2.45, 2.75) is 10.1 Å². The molecule has 0 radical (unpaired) electrons. The topological polar surface area (TPSA) is 88.1 Å². The van der Waals surface area contributed by atoms with E-state index < -0.39 is 15.9 Å². The first-order valence-corrected chi connectivity index (χ1v) is 11.1. The average molecular weight is 421 g/mol. The number of sulfonamides is 1. The second-order valence-electron chi connectivity index (χ2n) is 6.33. The van der Waals surface area contributed by atoms with E-state index in [1.54, 1.807) is 40.3 Å². The fourth-order valence-electron chi connectivity index (χ4n) is 3.13. The zero-order chi connectivity index (χ0) is 20.4. The number of nitrogens with zero attached hydrogens (tertiary/aromatic N) is 4. The Kier molecular flexibility index (Phi) is 5.01. The summed E-state index contributed by atoms with van der Waals surface area (Å²) in [4.78, 5) is 4.59. The molecule has 0 aliphatic rings. The predicted octanol–water partition coefficient (Wildman–Crippen LogP) is 4.12. The van der Waals surface area contributed by atoms with Crippen LogP contribution in [0.3, 0.4) is 0 Å². The van der Waals surface area contributed by atoms with Crippen LogP contribution in [-0.2, 0) is 17.1 Å². The highest BCUT2D eigenvalue weighted by Crippen LogP contribution is 2.27. The number of fused-ring (bicyclic) bond motifs is 1. The molecule has 0 fully saturated rings. The van der Waals surface area contributed by atoms with Gasteiger partial charge in [0.25, 0.3) is 10.0 Å². The molecule has 4 rings (SSSR count). The molecule has 0 amide bonds. The molecule has 29 heavy (non-hydrogen) atoms. The molecular weight excluding hydrogens is 404 g/mol. The van der Waals surface area contributed by atoms with Crippen LogP contribution >= 0.6 is 11.3 Å². The molecule has 2 heterocycles. The summed E-state index contributed by atoms with van der Waals surface area (Å²) in [5, 5.41) is 11.7. The maximum atomic E-state index is 12.9. The Morgan fingerprint density at radius 1 is 1.10 bits per heavy atom. The van der Waals surface area contributed by atoms with Gasteiger partial charge in [0.2, 0.25) is 0 Å². The molecular formula is C21H16N4O2S2. The molecule has 0 spiro atoms. The van der Waals surface area contributed by atoms with E-state index in [2.05, 4.69) is 15.5 Å². The Morgan fingerprint density at radius 3 is 2.48 bits per heavy atom. The largest absolute Gasteiger partial charge is 0.330 e. The van der Waals surface area contributed by atoms with Crippen LogP contribution in [0, 0.1) is 11.3 Å². The van der Waals surface area contributed by atoms with Gasteiger partial charge >= 0.3 is 0 Å². The molecule has 0 aliphatic heterocycles. The molecule has 0 saturated carbocycles. The molecule has 8 heteroatoms. The average Bonchev–Trinajstić information content (AvgIpc) is 3.39. The van der Waals surface area contributed by atoms with Crippen LogP contribution in [0.5, 0.6) is 0 Å². The van der Waals surface area contributed by atoms with E-state index in [1.807, 2.05) is 37.4 Å². The molecule has 1 unspecified atom stereocenters. The number of hydrogen-bond donors (Lipinski definition) is 0. The van der Waals surface area contributed by atoms with Crippen LogP contribution in [0.2, 0.25) is 0 Å². The summed E-state index contributed by atoms with van der Waals surface area (Å²) < 4.78 is 31.8. The molecule has 1 atom stereocenters. The summed E-state index contributed by atoms with van der Waals surface area (Å²) in [5.74, 6) is -0.512. The van der Waals surface area contributed by atoms with E-state index in [9.17, 15) is 13.7 Å². The highest BCUT2D eigenvalue weighted by molar-refractivity contribution is 7.92. The van der Waals surface area contributed by atoms with Crippen LogP contribution in [0.4, 0.5) is 0 Å². The third-order valence-corrected chi connectivity index (χ3v) is 7.18. The highest BCUT2D eigenvalue weighted by Gasteiger charge is 2.28. The lowest BCUT2D eigenvalue weighted by molar-refractivity contribution is 0.600. The summed E-state index contributed by atoms with van der Waals surface area (Å²) in [5.41, 5.74) is 2.31. The quantitative estimate of drug-likeness (QED) is 0.454. The predicted molar refractivity (Wildman–Crippen MR) is 114 cm³/mol. The molecule has 0 bridgehead atoms. The molecule has 6 nitrogen and oxygen atoms in total. The maximum Gasteiger partial charge on any atom is 0.292 e. The SMILES string of the molecule is Cn1c(C(C#N)/C(=N\S(=O)(=O)c2cccs2)c2ccccc2)nc2ccccc21. The van der Waals surface area contributed by atoms with Crippen molar-refractivity contribution < 1.29 is 8.42 Å². The van der Waals surface area contributed by atoms with Gasteiger partial charge in [0.15, 0.2) is 0 Å². The van der Waals surface area contributed by atoms with E-state index in [0.717, 1.165) is 22.4 Å². The Bertz CT molecular complexity index is 1330. The summed E-state index contributed by atoms with van der Waals surface area (Å²) in [6, 6.07) is 21.8. The minimum absolute atomic E-state index is 0.132. The number of aromatic nitrogens is 2. The van der Waals surface area contributed by atoms with Gasteiger partial charge in [-0.1, -0.05) is 48.5 Å². The van der Waals surface area contributed by atoms with Crippen molar-refractivity contribution in [2.75, 3.05) is 0 Å². The third kappa shape index (κ3) is 3.58. The van der Waals surface area contributed by atoms with Crippen molar-refractivity contribution in [3.8, 4) is 6.07 Å². The standard InChI is InChI=1S/C21H16N4O2S2/c1-25-18-11-6-5-10-17(18)23-21(25)16(14-22)20(15-8-3-2-4-9-15)24-29(26,27)19-12-7-13-28-19/h2-13,16H,1H3/b24-20-. The van der Waals surface area contributed by atoms with Crippen LogP contribution in [0.1, 0.15) is 17.3 Å². The summed E-state index contributed by atoms with van der Waals surface area (Å²) >= 11 is 1.09. The maximum absolute atomic E-state index is 12.9. The van der Waals surface area contributed by atoms with Crippen LogP contribution in [0.15, 0.2) is 80.7 Å². The number of nitriles is 1. The zero-order valence-corrected chi connectivity index (χ0v) is 17.1. The van der Waals surface area contributed by atoms with Gasteiger partial charge in [0.1, 0.15) is 16.0 Å². The fourth-order valence-corrected chi connectivity index (χ4v) is 5.15. The second-order valence-corrected chi connectivity index (χ2v) is 9.11. The molecule has 0 aliphatic carbocycles. The van der Waals surface area contributed by atoms with Gasteiger partial charge in [-0.3, -0.25) is 0 Å². The van der Waals surface area contributed by atoms with Gasteiger partial charge in [0.05, 0.1) is 22.8 Å². The number of benzene rings is 2. The fraction of sp³-hybridized carbons (Fsp3) is 0.0952. The molecule has 0 N–H and O–H groups in total. The van der Waals surface area contributed by atoms with Crippen molar-refractivity contribution in [1.29, 1.82) is 5.26 Å². The monoisotopic (exact) mass is 420 g/mol. The first-order chi connectivity index (χ1) is 14.0. The van der Waals surface area contributed by atoms with E-state index >= 15 is 0 Å². The molecule has 144 valence electrons. The highest BCUT2D eigenvalue weighted by atomic mass is 32.2. The minimum Gasteiger partial charge on any atom is -0.330 e. The number of thiophene rings is 1. The summed E-state index contributed by atoms with van der Waals surface area (Å²) in [6.45, 7) is 0. The van der Waals surface area contributed by atoms with Crippen LogP contribution < -0.4 is 0 Å². The molecule has 2 aromatic carbocycles. The Labute approximate surface area is 172 Å². The molecule has 0 saturated heterocycles. The Morgan fingerprint density at radius 2 is 1.83 bits per heavy atom. The smallest absolute Gasteiger partial charge is 0.292 e. The van der Waals surface area contributed by atoms with Crippen molar-refractivity contribution in [2.24, 2.45) is 11.4 Å². The molecule has 2 aromatic heterocycles. The minimum atomic E-state index is -3.95. The van der Waals surface area contributed by atoms with E-state index in [-0.39, 0.29) is 9.92 Å². The lowest BCUT2D eigenvalue weighted by atomic mass is 9.97. The lowest BCUT2D eigenvalue weighted by Crippen LogP contribution is -2.18. The number of para-hydroxylation sites is 2. The number of aryl methyl sites for hydroxylation is 1. The number of rotatable bonds is 5. The van der Waals surface area contributed by atoms with Crippen LogP contribution in [0.25, 0.3) is 11.0 Å². The van der Waals surface area contributed by atoms with Crippen molar-refractivity contribution in [3.63, 3.8) is 0 Å². The first-order valence-electron chi connectivity index (χ1n) is 8.76. The van der Waals surface area contributed by atoms with Gasteiger partial charge in [-0.05, 0) is 29.1 Å². The number of hydrogen-bond acceptors (Lipinski definition) is 5. The van der Waals surface area contributed by atoms with Crippen molar-refractivity contribution in [3.05, 3.63) is 83.5 Å². The lowest BCUT2D eigenvalue weighted by Gasteiger charge is -2.13. The first kappa shape index (κ1) is 19.1. The van der Waals surface area contributed by atoms with Gasteiger partial charge in [-0.15, -0.1) is 11.3 Å². The normalized spacial score (nSPS) is 13.3. The number of imidazole rings is 1. The second kappa shape index (κ2) is 7.62. The van der Waals surface area contributed by atoms with E-state index in [0.29, 0.717) is 11.4 Å². The Balaban J connectivity index is 1.94. The van der Waals surface area contributed by atoms with E-state index in [1.165, 1.54) is 6.07 Å². The Hall–Kier alpha value is -3.28. The zero-order valence-electron chi connectivity index (χ0n) is 15.4. The third-order valence-electron chi connectivity index (χ3n) is 4.52. The van der Waals surface area contributed by atoms with Crippen LogP contribution in [-0.4, -0.2) is 23.7 Å². The van der Waals surface area contributed by atoms with Gasteiger partial charge in [-0.25, -0.2) is 4.98 Å². The van der Waals surface area contributed by atoms with Gasteiger partial charge in [0, 0.05) is 7.05 Å². The van der Waals surface area contributed by atoms with Gasteiger partial charge < -0.3 is 4.57 Å².